The minimum absolute atomic E-state index is 1.25. The number of hydrogen-bond acceptors (Lipinski definition) is 3. The SMILES string of the molecule is Cc1ccc2sc3ccc(-c4ccc5sc6ccc(-c7cccc(-c8ccc9sc%10ccccc%10c9c8)c7)cc6c5c4)cc3c2c1. The Morgan fingerprint density at radius 2 is 0.652 bits per heavy atom. The Bertz CT molecular complexity index is 2820. The normalized spacial score (nSPS) is 12.0. The van der Waals surface area contributed by atoms with E-state index < -0.39 is 0 Å². The van der Waals surface area contributed by atoms with E-state index >= 15 is 0 Å². The van der Waals surface area contributed by atoms with Crippen molar-refractivity contribution < 1.29 is 0 Å². The predicted octanol–water partition coefficient (Wildman–Crippen LogP) is 14.1. The molecule has 10 rings (SSSR count). The van der Waals surface area contributed by atoms with Crippen LogP contribution in [0.5, 0.6) is 0 Å². The Morgan fingerprint density at radius 1 is 0.283 bits per heavy atom. The van der Waals surface area contributed by atoms with Crippen LogP contribution in [0, 0.1) is 6.92 Å². The molecule has 216 valence electrons. The molecule has 0 unspecified atom stereocenters. The molecule has 0 atom stereocenters. The van der Waals surface area contributed by atoms with E-state index in [1.165, 1.54) is 99.5 Å². The lowest BCUT2D eigenvalue weighted by Gasteiger charge is -2.08. The Kier molecular flexibility index (Phi) is 5.80. The van der Waals surface area contributed by atoms with Crippen molar-refractivity contribution in [2.24, 2.45) is 0 Å². The summed E-state index contributed by atoms with van der Waals surface area (Å²) in [6.07, 6.45) is 0. The second kappa shape index (κ2) is 10.1. The standard InChI is InChI=1S/C43H26S3/c1-25-9-14-39-33(19-25)35-23-30(12-17-41(35)45-39)31-13-18-43-37(24-31)36-22-29(11-16-42(36)46-43)27-6-4-5-26(20-27)28-10-15-40-34(21-28)32-7-2-3-8-38(32)44-40/h2-24H,1H3. The van der Waals surface area contributed by atoms with E-state index in [1.807, 2.05) is 34.0 Å². The van der Waals surface area contributed by atoms with Gasteiger partial charge in [-0.15, -0.1) is 34.0 Å². The number of thiophene rings is 3. The molecule has 0 saturated carbocycles. The van der Waals surface area contributed by atoms with Gasteiger partial charge in [0.1, 0.15) is 0 Å². The molecule has 0 bridgehead atoms. The zero-order valence-corrected chi connectivity index (χ0v) is 27.5. The summed E-state index contributed by atoms with van der Waals surface area (Å²) in [5.41, 5.74) is 8.86. The maximum absolute atomic E-state index is 2.40. The van der Waals surface area contributed by atoms with Gasteiger partial charge in [-0.3, -0.25) is 0 Å². The second-order valence-corrected chi connectivity index (χ2v) is 15.5. The molecule has 0 fully saturated rings. The molecule has 0 spiro atoms. The lowest BCUT2D eigenvalue weighted by atomic mass is 9.96. The monoisotopic (exact) mass is 638 g/mol. The first-order chi connectivity index (χ1) is 22.6. The zero-order chi connectivity index (χ0) is 30.4. The summed E-state index contributed by atoms with van der Waals surface area (Å²) in [4.78, 5) is 0. The van der Waals surface area contributed by atoms with Crippen LogP contribution in [0.3, 0.4) is 0 Å². The van der Waals surface area contributed by atoms with Crippen molar-refractivity contribution in [3.8, 4) is 33.4 Å². The van der Waals surface area contributed by atoms with Gasteiger partial charge in [-0.2, -0.15) is 0 Å². The molecule has 0 saturated heterocycles. The molecule has 0 N–H and O–H groups in total. The van der Waals surface area contributed by atoms with Gasteiger partial charge in [0.15, 0.2) is 0 Å². The third-order valence-corrected chi connectivity index (χ3v) is 12.8. The average molecular weight is 639 g/mol. The van der Waals surface area contributed by atoms with Crippen molar-refractivity contribution in [2.45, 2.75) is 6.92 Å². The summed E-state index contributed by atoms with van der Waals surface area (Å²) in [5, 5.41) is 8.05. The van der Waals surface area contributed by atoms with Gasteiger partial charge in [0.05, 0.1) is 0 Å². The van der Waals surface area contributed by atoms with E-state index in [2.05, 4.69) is 146 Å². The third-order valence-electron chi connectivity index (χ3n) is 9.33. The van der Waals surface area contributed by atoms with Crippen molar-refractivity contribution >= 4 is 94.5 Å². The second-order valence-electron chi connectivity index (χ2n) is 12.2. The van der Waals surface area contributed by atoms with E-state index in [0.717, 1.165) is 0 Å². The number of benzene rings is 7. The zero-order valence-electron chi connectivity index (χ0n) is 25.0. The topological polar surface area (TPSA) is 0 Å². The highest BCUT2D eigenvalue weighted by Crippen LogP contribution is 2.42. The van der Waals surface area contributed by atoms with Gasteiger partial charge in [-0.05, 0) is 113 Å². The predicted molar refractivity (Wildman–Crippen MR) is 206 cm³/mol. The Hall–Kier alpha value is -4.80. The molecular weight excluding hydrogens is 613 g/mol. The molecule has 0 aliphatic heterocycles. The van der Waals surface area contributed by atoms with Crippen LogP contribution in [0.1, 0.15) is 5.56 Å². The van der Waals surface area contributed by atoms with Crippen molar-refractivity contribution in [1.29, 1.82) is 0 Å². The van der Waals surface area contributed by atoms with Crippen LogP contribution < -0.4 is 0 Å². The lowest BCUT2D eigenvalue weighted by Crippen LogP contribution is -1.82. The van der Waals surface area contributed by atoms with Gasteiger partial charge in [0.25, 0.3) is 0 Å². The summed E-state index contributed by atoms with van der Waals surface area (Å²) in [6, 6.07) is 52.4. The van der Waals surface area contributed by atoms with Crippen LogP contribution in [0.15, 0.2) is 140 Å². The van der Waals surface area contributed by atoms with E-state index in [9.17, 15) is 0 Å². The number of rotatable bonds is 3. The molecule has 0 nitrogen and oxygen atoms in total. The highest BCUT2D eigenvalue weighted by Gasteiger charge is 2.12. The molecule has 10 aromatic rings. The number of hydrogen-bond donors (Lipinski definition) is 0. The maximum atomic E-state index is 2.40. The van der Waals surface area contributed by atoms with Gasteiger partial charge < -0.3 is 0 Å². The van der Waals surface area contributed by atoms with E-state index in [-0.39, 0.29) is 0 Å². The van der Waals surface area contributed by atoms with Crippen molar-refractivity contribution in [3.63, 3.8) is 0 Å². The first-order valence-electron chi connectivity index (χ1n) is 15.6. The van der Waals surface area contributed by atoms with Crippen molar-refractivity contribution in [1.82, 2.24) is 0 Å². The first kappa shape index (κ1) is 26.4. The minimum Gasteiger partial charge on any atom is -0.135 e. The number of aryl methyl sites for hydroxylation is 1. The van der Waals surface area contributed by atoms with E-state index in [4.69, 9.17) is 0 Å². The molecule has 3 heteroatoms. The van der Waals surface area contributed by atoms with Crippen LogP contribution in [-0.4, -0.2) is 0 Å². The molecule has 0 aliphatic carbocycles. The molecule has 0 amide bonds. The maximum Gasteiger partial charge on any atom is 0.0355 e. The Morgan fingerprint density at radius 3 is 1.15 bits per heavy atom. The van der Waals surface area contributed by atoms with Gasteiger partial charge in [-0.1, -0.05) is 72.3 Å². The summed E-state index contributed by atoms with van der Waals surface area (Å²) >= 11 is 5.64. The minimum atomic E-state index is 1.25. The van der Waals surface area contributed by atoms with Crippen molar-refractivity contribution in [3.05, 3.63) is 145 Å². The highest BCUT2D eigenvalue weighted by molar-refractivity contribution is 7.26. The summed E-state index contributed by atoms with van der Waals surface area (Å²) in [5.74, 6) is 0. The average Bonchev–Trinajstić information content (AvgIpc) is 3.78. The van der Waals surface area contributed by atoms with Crippen LogP contribution in [-0.2, 0) is 0 Å². The molecule has 46 heavy (non-hydrogen) atoms. The largest absolute Gasteiger partial charge is 0.135 e. The van der Waals surface area contributed by atoms with Crippen molar-refractivity contribution in [2.75, 3.05) is 0 Å². The van der Waals surface area contributed by atoms with Gasteiger partial charge in [0.2, 0.25) is 0 Å². The summed E-state index contributed by atoms with van der Waals surface area (Å²) in [7, 11) is 0. The summed E-state index contributed by atoms with van der Waals surface area (Å²) < 4.78 is 8.05. The Balaban J connectivity index is 1.06. The number of fused-ring (bicyclic) bond motifs is 9. The van der Waals surface area contributed by atoms with Crippen LogP contribution >= 0.6 is 34.0 Å². The summed E-state index contributed by atoms with van der Waals surface area (Å²) in [6.45, 7) is 2.18. The smallest absolute Gasteiger partial charge is 0.0355 e. The molecule has 7 aromatic carbocycles. The molecule has 3 aromatic heterocycles. The molecule has 0 aliphatic rings. The van der Waals surface area contributed by atoms with Gasteiger partial charge in [0, 0.05) is 60.5 Å². The molecule has 3 heterocycles. The fourth-order valence-electron chi connectivity index (χ4n) is 6.99. The highest BCUT2D eigenvalue weighted by atomic mass is 32.1. The van der Waals surface area contributed by atoms with E-state index in [1.54, 1.807) is 0 Å². The molecule has 0 radical (unpaired) electrons. The van der Waals surface area contributed by atoms with Crippen LogP contribution in [0.4, 0.5) is 0 Å². The quantitative estimate of drug-likeness (QED) is 0.181. The third kappa shape index (κ3) is 4.16. The molecular formula is C43H26S3. The van der Waals surface area contributed by atoms with E-state index in [0.29, 0.717) is 0 Å². The van der Waals surface area contributed by atoms with Crippen LogP contribution in [0.2, 0.25) is 0 Å². The van der Waals surface area contributed by atoms with Gasteiger partial charge >= 0.3 is 0 Å². The fraction of sp³-hybridized carbons (Fsp3) is 0.0233. The lowest BCUT2D eigenvalue weighted by molar-refractivity contribution is 1.52. The first-order valence-corrected chi connectivity index (χ1v) is 18.0. The Labute approximate surface area is 278 Å². The van der Waals surface area contributed by atoms with Gasteiger partial charge in [-0.25, -0.2) is 0 Å². The van der Waals surface area contributed by atoms with Crippen LogP contribution in [0.25, 0.3) is 93.9 Å². The fourth-order valence-corrected chi connectivity index (χ4v) is 10.2.